The number of nitro benzene ring substituents is 1. The third-order valence-corrected chi connectivity index (χ3v) is 5.99. The molecule has 7 nitrogen and oxygen atoms in total. The van der Waals surface area contributed by atoms with Gasteiger partial charge in [0.25, 0.3) is 5.69 Å². The average Bonchev–Trinajstić information content (AvgIpc) is 3.21. The van der Waals surface area contributed by atoms with Gasteiger partial charge in [0, 0.05) is 42.4 Å². The quantitative estimate of drug-likeness (QED) is 0.239. The molecule has 0 spiro atoms. The molecule has 36 heavy (non-hydrogen) atoms. The Labute approximate surface area is 204 Å². The molecule has 2 N–H and O–H groups in total. The van der Waals surface area contributed by atoms with Gasteiger partial charge in [0.1, 0.15) is 5.75 Å². The van der Waals surface area contributed by atoms with E-state index in [-0.39, 0.29) is 24.3 Å². The van der Waals surface area contributed by atoms with Gasteiger partial charge in [-0.1, -0.05) is 48.5 Å². The number of ether oxygens (including phenoxy) is 1. The predicted molar refractivity (Wildman–Crippen MR) is 129 cm³/mol. The van der Waals surface area contributed by atoms with Gasteiger partial charge in [-0.3, -0.25) is 10.1 Å². The molecule has 10 heteroatoms. The summed E-state index contributed by atoms with van der Waals surface area (Å²) in [6, 6.07) is 18.5. The lowest BCUT2D eigenvalue weighted by molar-refractivity contribution is -0.384. The Morgan fingerprint density at radius 3 is 2.44 bits per heavy atom. The Balaban J connectivity index is 1.81. The summed E-state index contributed by atoms with van der Waals surface area (Å²) >= 11 is 0. The van der Waals surface area contributed by atoms with Crippen LogP contribution in [0.2, 0.25) is 0 Å². The lowest BCUT2D eigenvalue weighted by atomic mass is 9.99. The van der Waals surface area contributed by atoms with E-state index in [0.717, 1.165) is 5.56 Å². The van der Waals surface area contributed by atoms with Gasteiger partial charge in [0.05, 0.1) is 23.6 Å². The molecule has 188 valence electrons. The van der Waals surface area contributed by atoms with Gasteiger partial charge in [-0.25, -0.2) is 0 Å². The van der Waals surface area contributed by atoms with Gasteiger partial charge < -0.3 is 19.7 Å². The van der Waals surface area contributed by atoms with Crippen molar-refractivity contribution in [2.45, 2.75) is 31.4 Å². The number of hydrogen-bond donors (Lipinski definition) is 2. The summed E-state index contributed by atoms with van der Waals surface area (Å²) in [4.78, 5) is 10.8. The number of nitrogens with zero attached hydrogens (tertiary/aromatic N) is 2. The number of hydrogen-bond acceptors (Lipinski definition) is 5. The minimum Gasteiger partial charge on any atom is -0.496 e. The first-order chi connectivity index (χ1) is 17.2. The van der Waals surface area contributed by atoms with Crippen molar-refractivity contribution in [3.63, 3.8) is 0 Å². The zero-order valence-electron chi connectivity index (χ0n) is 19.3. The van der Waals surface area contributed by atoms with Crippen molar-refractivity contribution < 1.29 is 27.9 Å². The highest BCUT2D eigenvalue weighted by molar-refractivity contribution is 5.86. The van der Waals surface area contributed by atoms with E-state index in [9.17, 15) is 28.4 Å². The highest BCUT2D eigenvalue weighted by atomic mass is 19.4. The summed E-state index contributed by atoms with van der Waals surface area (Å²) in [5, 5.41) is 25.0. The molecule has 0 aliphatic heterocycles. The molecule has 4 aromatic rings. The van der Waals surface area contributed by atoms with Crippen LogP contribution in [0.15, 0.2) is 79.0 Å². The van der Waals surface area contributed by atoms with E-state index in [1.165, 1.54) is 31.5 Å². The van der Waals surface area contributed by atoms with Crippen LogP contribution in [0.4, 0.5) is 18.9 Å². The number of rotatable bonds is 9. The summed E-state index contributed by atoms with van der Waals surface area (Å²) in [5.41, 5.74) is 1.86. The molecule has 0 saturated carbocycles. The fourth-order valence-electron chi connectivity index (χ4n) is 4.23. The van der Waals surface area contributed by atoms with E-state index in [2.05, 4.69) is 5.32 Å². The van der Waals surface area contributed by atoms with E-state index in [1.54, 1.807) is 28.8 Å². The fourth-order valence-corrected chi connectivity index (χ4v) is 4.23. The molecule has 2 atom stereocenters. The van der Waals surface area contributed by atoms with Gasteiger partial charge in [0.2, 0.25) is 0 Å². The summed E-state index contributed by atoms with van der Waals surface area (Å²) in [6.45, 7) is 0.264. The Kier molecular flexibility index (Phi) is 7.27. The van der Waals surface area contributed by atoms with Crippen molar-refractivity contribution in [3.05, 3.63) is 106 Å². The minimum atomic E-state index is -4.91. The van der Waals surface area contributed by atoms with Crippen LogP contribution in [0.1, 0.15) is 22.7 Å². The van der Waals surface area contributed by atoms with Crippen molar-refractivity contribution in [2.75, 3.05) is 7.11 Å². The molecule has 0 aliphatic carbocycles. The van der Waals surface area contributed by atoms with Crippen molar-refractivity contribution in [1.82, 2.24) is 9.88 Å². The van der Waals surface area contributed by atoms with Crippen LogP contribution in [0, 0.1) is 10.1 Å². The summed E-state index contributed by atoms with van der Waals surface area (Å²) in [7, 11) is 1.46. The highest BCUT2D eigenvalue weighted by Gasteiger charge is 2.45. The van der Waals surface area contributed by atoms with Gasteiger partial charge in [-0.05, 0) is 23.3 Å². The number of halogens is 3. The van der Waals surface area contributed by atoms with Crippen molar-refractivity contribution in [3.8, 4) is 5.75 Å². The van der Waals surface area contributed by atoms with Crippen molar-refractivity contribution in [2.24, 2.45) is 0 Å². The minimum absolute atomic E-state index is 0.0137. The molecule has 3 aromatic carbocycles. The first kappa shape index (κ1) is 25.2. The number of nitro groups is 1. The molecule has 0 aliphatic rings. The standard InChI is InChI=1S/C26H24F3N3O4/c1-36-23-10-6-5-9-18(23)14-30-24(25(33)26(27,28)29)21-16-31(15-17-7-3-2-4-8-17)22-13-19(32(34)35)11-12-20(21)22/h2-13,16,24-25,30,33H,14-15H2,1H3. The second kappa shape index (κ2) is 10.4. The number of methoxy groups -OCH3 is 1. The van der Waals surface area contributed by atoms with Gasteiger partial charge in [0.15, 0.2) is 6.10 Å². The van der Waals surface area contributed by atoms with Crippen LogP contribution in [-0.2, 0) is 13.1 Å². The number of aliphatic hydroxyl groups excluding tert-OH is 1. The first-order valence-electron chi connectivity index (χ1n) is 11.1. The fraction of sp³-hybridized carbons (Fsp3) is 0.231. The third kappa shape index (κ3) is 5.34. The van der Waals surface area contributed by atoms with Gasteiger partial charge in [-0.15, -0.1) is 0 Å². The molecule has 1 heterocycles. The SMILES string of the molecule is COc1ccccc1CNC(c1cn(Cc2ccccc2)c2cc([N+](=O)[O-])ccc12)C(O)C(F)(F)F. The summed E-state index contributed by atoms with van der Waals surface area (Å²) < 4.78 is 48.3. The zero-order chi connectivity index (χ0) is 25.9. The molecule has 0 saturated heterocycles. The van der Waals surface area contributed by atoms with Crippen molar-refractivity contribution >= 4 is 16.6 Å². The Morgan fingerprint density at radius 2 is 1.78 bits per heavy atom. The summed E-state index contributed by atoms with van der Waals surface area (Å²) in [6.07, 6.45) is -6.12. The molecule has 4 rings (SSSR count). The smallest absolute Gasteiger partial charge is 0.416 e. The first-order valence-corrected chi connectivity index (χ1v) is 11.1. The second-order valence-electron chi connectivity index (χ2n) is 8.31. The monoisotopic (exact) mass is 499 g/mol. The predicted octanol–water partition coefficient (Wildman–Crippen LogP) is 5.36. The number of alkyl halides is 3. The maximum Gasteiger partial charge on any atom is 0.416 e. The number of benzene rings is 3. The molecule has 0 fully saturated rings. The molecular formula is C26H24F3N3O4. The lowest BCUT2D eigenvalue weighted by Gasteiger charge is -2.26. The number of nitrogens with one attached hydrogen (secondary N) is 1. The topological polar surface area (TPSA) is 89.6 Å². The van der Waals surface area contributed by atoms with Gasteiger partial charge >= 0.3 is 6.18 Å². The largest absolute Gasteiger partial charge is 0.496 e. The molecular weight excluding hydrogens is 475 g/mol. The van der Waals surface area contributed by atoms with Crippen LogP contribution in [-0.4, -0.2) is 34.0 Å². The number of aliphatic hydroxyl groups is 1. The van der Waals surface area contributed by atoms with E-state index < -0.39 is 23.2 Å². The van der Waals surface area contributed by atoms with Gasteiger partial charge in [-0.2, -0.15) is 13.2 Å². The van der Waals surface area contributed by atoms with E-state index in [1.807, 2.05) is 30.3 Å². The van der Waals surface area contributed by atoms with Crippen molar-refractivity contribution in [1.29, 1.82) is 0 Å². The van der Waals surface area contributed by atoms with Crippen LogP contribution in [0.25, 0.3) is 10.9 Å². The van der Waals surface area contributed by atoms with E-state index in [4.69, 9.17) is 4.74 Å². The normalized spacial score (nSPS) is 13.5. The van der Waals surface area contributed by atoms with E-state index >= 15 is 0 Å². The van der Waals surface area contributed by atoms with Crippen LogP contribution in [0.3, 0.4) is 0 Å². The highest BCUT2D eigenvalue weighted by Crippen LogP contribution is 2.36. The second-order valence-corrected chi connectivity index (χ2v) is 8.31. The summed E-state index contributed by atoms with van der Waals surface area (Å²) in [5.74, 6) is 0.493. The molecule has 0 amide bonds. The number of fused-ring (bicyclic) bond motifs is 1. The molecule has 0 radical (unpaired) electrons. The van der Waals surface area contributed by atoms with Crippen LogP contribution >= 0.6 is 0 Å². The Morgan fingerprint density at radius 1 is 1.08 bits per heavy atom. The van der Waals surface area contributed by atoms with Crippen LogP contribution in [0.5, 0.6) is 5.75 Å². The number of aromatic nitrogens is 1. The molecule has 1 aromatic heterocycles. The number of non-ortho nitro benzene ring substituents is 1. The Bertz CT molecular complexity index is 1360. The average molecular weight is 499 g/mol. The molecule has 0 bridgehead atoms. The zero-order valence-corrected chi connectivity index (χ0v) is 19.3. The maximum atomic E-state index is 13.8. The third-order valence-electron chi connectivity index (χ3n) is 5.99. The van der Waals surface area contributed by atoms with Crippen LogP contribution < -0.4 is 10.1 Å². The molecule has 2 unspecified atom stereocenters. The Hall–Kier alpha value is -3.89. The van der Waals surface area contributed by atoms with E-state index in [0.29, 0.717) is 22.2 Å². The maximum absolute atomic E-state index is 13.8. The number of para-hydroxylation sites is 1. The lowest BCUT2D eigenvalue weighted by Crippen LogP contribution is -2.41.